The zero-order valence-corrected chi connectivity index (χ0v) is 15.2. The molecule has 0 aliphatic rings. The summed E-state index contributed by atoms with van der Waals surface area (Å²) >= 11 is 0. The molecule has 0 saturated heterocycles. The SMILES string of the molecule is Nc1cccc(C(c2cccc(N)n2)C(c2cccnc2)c2cccnc2)n1. The van der Waals surface area contributed by atoms with Crippen molar-refractivity contribution in [1.82, 2.24) is 19.9 Å². The molecule has 0 atom stereocenters. The van der Waals surface area contributed by atoms with Gasteiger partial charge in [0.05, 0.1) is 17.3 Å². The Morgan fingerprint density at radius 1 is 0.571 bits per heavy atom. The lowest BCUT2D eigenvalue weighted by Gasteiger charge is -2.27. The summed E-state index contributed by atoms with van der Waals surface area (Å²) in [5.74, 6) is 0.608. The van der Waals surface area contributed by atoms with E-state index in [4.69, 9.17) is 11.5 Å². The summed E-state index contributed by atoms with van der Waals surface area (Å²) in [7, 11) is 0. The van der Waals surface area contributed by atoms with Crippen LogP contribution in [0.15, 0.2) is 85.5 Å². The molecule has 6 nitrogen and oxygen atoms in total. The summed E-state index contributed by atoms with van der Waals surface area (Å²) in [5.41, 5.74) is 15.7. The van der Waals surface area contributed by atoms with Crippen molar-refractivity contribution in [2.45, 2.75) is 11.8 Å². The summed E-state index contributed by atoms with van der Waals surface area (Å²) in [5, 5.41) is 0. The first-order chi connectivity index (χ1) is 13.7. The standard InChI is InChI=1S/C22H20N6/c23-19-9-1-7-17(27-19)22(18-8-2-10-20(24)28-18)21(15-5-3-11-25-13-15)16-6-4-12-26-14-16/h1-14,21-22H,(H2,23,27)(H2,24,28). The molecular weight excluding hydrogens is 348 g/mol. The van der Waals surface area contributed by atoms with Crippen LogP contribution in [0.2, 0.25) is 0 Å². The monoisotopic (exact) mass is 368 g/mol. The number of nitrogen functional groups attached to an aromatic ring is 2. The first-order valence-corrected chi connectivity index (χ1v) is 8.97. The van der Waals surface area contributed by atoms with Gasteiger partial charge in [0.15, 0.2) is 0 Å². The Labute approximate surface area is 163 Å². The maximum Gasteiger partial charge on any atom is 0.123 e. The molecule has 138 valence electrons. The molecule has 4 rings (SSSR count). The van der Waals surface area contributed by atoms with Gasteiger partial charge in [-0.15, -0.1) is 0 Å². The van der Waals surface area contributed by atoms with Crippen LogP contribution in [0.25, 0.3) is 0 Å². The zero-order valence-electron chi connectivity index (χ0n) is 15.2. The minimum atomic E-state index is -0.208. The molecule has 0 saturated carbocycles. The van der Waals surface area contributed by atoms with E-state index in [1.165, 1.54) is 0 Å². The zero-order chi connectivity index (χ0) is 19.3. The summed E-state index contributed by atoms with van der Waals surface area (Å²) < 4.78 is 0. The molecule has 6 heteroatoms. The van der Waals surface area contributed by atoms with Crippen molar-refractivity contribution >= 4 is 11.6 Å². The number of anilines is 2. The number of rotatable bonds is 5. The van der Waals surface area contributed by atoms with E-state index >= 15 is 0 Å². The Kier molecular flexibility index (Phi) is 4.93. The van der Waals surface area contributed by atoms with Crippen molar-refractivity contribution in [3.63, 3.8) is 0 Å². The summed E-state index contributed by atoms with van der Waals surface area (Å²) in [4.78, 5) is 17.9. The highest BCUT2D eigenvalue weighted by Crippen LogP contribution is 2.41. The Hall–Kier alpha value is -3.80. The smallest absolute Gasteiger partial charge is 0.123 e. The maximum absolute atomic E-state index is 6.00. The number of hydrogen-bond acceptors (Lipinski definition) is 6. The predicted molar refractivity (Wildman–Crippen MR) is 109 cm³/mol. The molecule has 0 aliphatic heterocycles. The Morgan fingerprint density at radius 2 is 1.07 bits per heavy atom. The number of aromatic nitrogens is 4. The van der Waals surface area contributed by atoms with Gasteiger partial charge >= 0.3 is 0 Å². The van der Waals surface area contributed by atoms with Crippen LogP contribution in [-0.2, 0) is 0 Å². The van der Waals surface area contributed by atoms with E-state index < -0.39 is 0 Å². The molecule has 4 aromatic heterocycles. The van der Waals surface area contributed by atoms with Crippen molar-refractivity contribution < 1.29 is 0 Å². The highest BCUT2D eigenvalue weighted by molar-refractivity contribution is 5.43. The summed E-state index contributed by atoms with van der Waals surface area (Å²) in [6.07, 6.45) is 7.25. The van der Waals surface area contributed by atoms with Crippen LogP contribution >= 0.6 is 0 Å². The van der Waals surface area contributed by atoms with Crippen molar-refractivity contribution in [2.24, 2.45) is 0 Å². The minimum Gasteiger partial charge on any atom is -0.384 e. The van der Waals surface area contributed by atoms with Gasteiger partial charge in [0, 0.05) is 30.7 Å². The molecule has 0 spiro atoms. The van der Waals surface area contributed by atoms with E-state index in [9.17, 15) is 0 Å². The van der Waals surface area contributed by atoms with Gasteiger partial charge < -0.3 is 11.5 Å². The van der Waals surface area contributed by atoms with Gasteiger partial charge in [0.1, 0.15) is 11.6 Å². The molecule has 0 amide bonds. The molecule has 0 radical (unpaired) electrons. The largest absolute Gasteiger partial charge is 0.384 e. The summed E-state index contributed by atoms with van der Waals surface area (Å²) in [6, 6.07) is 19.2. The number of nitrogens with two attached hydrogens (primary N) is 2. The number of hydrogen-bond donors (Lipinski definition) is 2. The van der Waals surface area contributed by atoms with Crippen LogP contribution in [0, 0.1) is 0 Å². The van der Waals surface area contributed by atoms with Crippen molar-refractivity contribution in [2.75, 3.05) is 11.5 Å². The second-order valence-electron chi connectivity index (χ2n) is 6.50. The third-order valence-electron chi connectivity index (χ3n) is 4.64. The molecule has 4 N–H and O–H groups in total. The Morgan fingerprint density at radius 3 is 1.46 bits per heavy atom. The van der Waals surface area contributed by atoms with Gasteiger partial charge in [-0.1, -0.05) is 24.3 Å². The molecule has 0 aromatic carbocycles. The van der Waals surface area contributed by atoms with Crippen LogP contribution in [0.1, 0.15) is 34.4 Å². The highest BCUT2D eigenvalue weighted by atomic mass is 14.9. The van der Waals surface area contributed by atoms with Crippen molar-refractivity contribution in [1.29, 1.82) is 0 Å². The van der Waals surface area contributed by atoms with Gasteiger partial charge in [0.2, 0.25) is 0 Å². The fourth-order valence-electron chi connectivity index (χ4n) is 3.47. The molecule has 4 aromatic rings. The van der Waals surface area contributed by atoms with Crippen molar-refractivity contribution in [3.05, 3.63) is 108 Å². The van der Waals surface area contributed by atoms with Crippen molar-refractivity contribution in [3.8, 4) is 0 Å². The molecule has 0 unspecified atom stereocenters. The minimum absolute atomic E-state index is 0.106. The van der Waals surface area contributed by atoms with E-state index in [-0.39, 0.29) is 11.8 Å². The fraction of sp³-hybridized carbons (Fsp3) is 0.0909. The average Bonchev–Trinajstić information content (AvgIpc) is 2.73. The predicted octanol–water partition coefficient (Wildman–Crippen LogP) is 3.40. The lowest BCUT2D eigenvalue weighted by atomic mass is 9.78. The number of nitrogens with zero attached hydrogens (tertiary/aromatic N) is 4. The topological polar surface area (TPSA) is 104 Å². The third-order valence-corrected chi connectivity index (χ3v) is 4.64. The van der Waals surface area contributed by atoms with E-state index in [0.717, 1.165) is 22.5 Å². The normalized spacial score (nSPS) is 11.1. The maximum atomic E-state index is 6.00. The van der Waals surface area contributed by atoms with Crippen LogP contribution in [-0.4, -0.2) is 19.9 Å². The second kappa shape index (κ2) is 7.84. The van der Waals surface area contributed by atoms with Gasteiger partial charge in [-0.25, -0.2) is 9.97 Å². The lowest BCUT2D eigenvalue weighted by molar-refractivity contribution is 0.654. The number of pyridine rings is 4. The second-order valence-corrected chi connectivity index (χ2v) is 6.50. The lowest BCUT2D eigenvalue weighted by Crippen LogP contribution is -2.18. The van der Waals surface area contributed by atoms with Gasteiger partial charge in [-0.2, -0.15) is 0 Å². The van der Waals surface area contributed by atoms with Crippen LogP contribution < -0.4 is 11.5 Å². The van der Waals surface area contributed by atoms with Gasteiger partial charge in [-0.05, 0) is 47.5 Å². The van der Waals surface area contributed by atoms with E-state index in [1.54, 1.807) is 24.5 Å². The van der Waals surface area contributed by atoms with Crippen LogP contribution in [0.5, 0.6) is 0 Å². The fourth-order valence-corrected chi connectivity index (χ4v) is 3.47. The van der Waals surface area contributed by atoms with Crippen LogP contribution in [0.3, 0.4) is 0 Å². The molecule has 0 fully saturated rings. The quantitative estimate of drug-likeness (QED) is 0.559. The third kappa shape index (κ3) is 3.66. The first kappa shape index (κ1) is 17.6. The van der Waals surface area contributed by atoms with Crippen LogP contribution in [0.4, 0.5) is 11.6 Å². The molecule has 4 heterocycles. The average molecular weight is 368 g/mol. The summed E-state index contributed by atoms with van der Waals surface area (Å²) in [6.45, 7) is 0. The first-order valence-electron chi connectivity index (χ1n) is 8.97. The van der Waals surface area contributed by atoms with Gasteiger partial charge in [0.25, 0.3) is 0 Å². The highest BCUT2D eigenvalue weighted by Gasteiger charge is 2.31. The van der Waals surface area contributed by atoms with E-state index in [1.807, 2.05) is 48.8 Å². The molecule has 0 aliphatic carbocycles. The molecular formula is C22H20N6. The Bertz CT molecular complexity index is 968. The molecule has 28 heavy (non-hydrogen) atoms. The Balaban J connectivity index is 1.96. The van der Waals surface area contributed by atoms with E-state index in [0.29, 0.717) is 11.6 Å². The van der Waals surface area contributed by atoms with Gasteiger partial charge in [-0.3, -0.25) is 9.97 Å². The van der Waals surface area contributed by atoms with E-state index in [2.05, 4.69) is 32.1 Å². The molecule has 0 bridgehead atoms.